The number of hydrogen-bond acceptors (Lipinski definition) is 4. The van der Waals surface area contributed by atoms with Crippen molar-refractivity contribution in [1.29, 1.82) is 0 Å². The molecule has 0 spiro atoms. The Labute approximate surface area is 133 Å². The van der Waals surface area contributed by atoms with Crippen molar-refractivity contribution in [2.75, 3.05) is 13.1 Å². The van der Waals surface area contributed by atoms with Gasteiger partial charge in [0.1, 0.15) is 5.60 Å². The average molecular weight is 313 g/mol. The van der Waals surface area contributed by atoms with Crippen LogP contribution in [-0.4, -0.2) is 51.1 Å². The van der Waals surface area contributed by atoms with Crippen molar-refractivity contribution < 1.29 is 19.7 Å². The number of hydrogen-bond donors (Lipinski definition) is 2. The van der Waals surface area contributed by atoms with Crippen molar-refractivity contribution in [2.45, 2.75) is 88.9 Å². The SMILES string of the molecule is CC(C)(C)OC(=O)N(CC1(O)CCCC1)CC1(O)CCCC1. The number of nitrogens with zero attached hydrogens (tertiary/aromatic N) is 1. The molecule has 1 amide bonds. The number of amides is 1. The fourth-order valence-electron chi connectivity index (χ4n) is 3.60. The monoisotopic (exact) mass is 313 g/mol. The van der Waals surface area contributed by atoms with Gasteiger partial charge in [-0.25, -0.2) is 4.79 Å². The summed E-state index contributed by atoms with van der Waals surface area (Å²) in [5.74, 6) is 0. The molecule has 2 saturated carbocycles. The van der Waals surface area contributed by atoms with Crippen LogP contribution in [0.25, 0.3) is 0 Å². The maximum atomic E-state index is 12.5. The first-order valence-electron chi connectivity index (χ1n) is 8.54. The number of carbonyl (C=O) groups is 1. The van der Waals surface area contributed by atoms with E-state index in [0.29, 0.717) is 25.7 Å². The highest BCUT2D eigenvalue weighted by atomic mass is 16.6. The summed E-state index contributed by atoms with van der Waals surface area (Å²) in [6, 6.07) is 0. The Hall–Kier alpha value is -0.810. The number of aliphatic hydroxyl groups is 2. The van der Waals surface area contributed by atoms with Crippen LogP contribution in [0.4, 0.5) is 4.79 Å². The summed E-state index contributed by atoms with van der Waals surface area (Å²) in [6.45, 7) is 6.00. The van der Waals surface area contributed by atoms with E-state index in [0.717, 1.165) is 25.7 Å². The smallest absolute Gasteiger partial charge is 0.410 e. The summed E-state index contributed by atoms with van der Waals surface area (Å²) in [6.07, 6.45) is 6.37. The molecule has 128 valence electrons. The van der Waals surface area contributed by atoms with Gasteiger partial charge in [0.2, 0.25) is 0 Å². The number of rotatable bonds is 4. The maximum absolute atomic E-state index is 12.5. The molecule has 2 rings (SSSR count). The lowest BCUT2D eigenvalue weighted by molar-refractivity contribution is -0.0458. The van der Waals surface area contributed by atoms with E-state index in [1.807, 2.05) is 20.8 Å². The zero-order valence-electron chi connectivity index (χ0n) is 14.2. The van der Waals surface area contributed by atoms with Gasteiger partial charge in [0.15, 0.2) is 0 Å². The minimum atomic E-state index is -0.828. The molecule has 0 unspecified atom stereocenters. The maximum Gasteiger partial charge on any atom is 0.410 e. The largest absolute Gasteiger partial charge is 0.444 e. The Morgan fingerprint density at radius 3 is 1.64 bits per heavy atom. The van der Waals surface area contributed by atoms with Crippen molar-refractivity contribution >= 4 is 6.09 Å². The van der Waals surface area contributed by atoms with Crippen LogP contribution >= 0.6 is 0 Å². The fraction of sp³-hybridized carbons (Fsp3) is 0.941. The van der Waals surface area contributed by atoms with Gasteiger partial charge in [0.25, 0.3) is 0 Å². The lowest BCUT2D eigenvalue weighted by Gasteiger charge is -2.37. The van der Waals surface area contributed by atoms with Crippen molar-refractivity contribution in [2.24, 2.45) is 0 Å². The molecule has 0 heterocycles. The minimum absolute atomic E-state index is 0.254. The van der Waals surface area contributed by atoms with Crippen LogP contribution in [0.15, 0.2) is 0 Å². The van der Waals surface area contributed by atoms with E-state index < -0.39 is 22.9 Å². The standard InChI is InChI=1S/C17H31NO4/c1-15(2,3)22-14(19)18(12-16(20)8-4-5-9-16)13-17(21)10-6-7-11-17/h20-21H,4-13H2,1-3H3. The van der Waals surface area contributed by atoms with Crippen LogP contribution in [0.2, 0.25) is 0 Å². The molecule has 5 heteroatoms. The van der Waals surface area contributed by atoms with Gasteiger partial charge in [0, 0.05) is 0 Å². The third kappa shape index (κ3) is 4.85. The highest BCUT2D eigenvalue weighted by Gasteiger charge is 2.40. The van der Waals surface area contributed by atoms with Crippen molar-refractivity contribution in [3.63, 3.8) is 0 Å². The van der Waals surface area contributed by atoms with E-state index >= 15 is 0 Å². The molecule has 0 bridgehead atoms. The second kappa shape index (κ2) is 6.36. The summed E-state index contributed by atoms with van der Waals surface area (Å²) >= 11 is 0. The van der Waals surface area contributed by atoms with Gasteiger partial charge in [-0.05, 0) is 46.5 Å². The Balaban J connectivity index is 2.07. The van der Waals surface area contributed by atoms with Gasteiger partial charge >= 0.3 is 6.09 Å². The fourth-order valence-corrected chi connectivity index (χ4v) is 3.60. The predicted octanol–water partition coefficient (Wildman–Crippen LogP) is 2.83. The van der Waals surface area contributed by atoms with Crippen molar-refractivity contribution in [3.05, 3.63) is 0 Å². The zero-order chi connectivity index (χ0) is 16.4. The molecule has 2 aliphatic rings. The molecule has 2 aliphatic carbocycles. The molecular weight excluding hydrogens is 282 g/mol. The molecule has 0 aromatic carbocycles. The first-order chi connectivity index (χ1) is 10.1. The van der Waals surface area contributed by atoms with E-state index in [2.05, 4.69) is 0 Å². The quantitative estimate of drug-likeness (QED) is 0.837. The minimum Gasteiger partial charge on any atom is -0.444 e. The van der Waals surface area contributed by atoms with Crippen LogP contribution in [0.5, 0.6) is 0 Å². The molecule has 2 N–H and O–H groups in total. The zero-order valence-corrected chi connectivity index (χ0v) is 14.2. The van der Waals surface area contributed by atoms with Crippen LogP contribution in [0.3, 0.4) is 0 Å². The van der Waals surface area contributed by atoms with Gasteiger partial charge in [-0.3, -0.25) is 0 Å². The van der Waals surface area contributed by atoms with Gasteiger partial charge in [-0.2, -0.15) is 0 Å². The van der Waals surface area contributed by atoms with E-state index in [1.165, 1.54) is 4.90 Å². The Kier molecular flexibility index (Phi) is 5.07. The number of ether oxygens (including phenoxy) is 1. The lowest BCUT2D eigenvalue weighted by atomic mass is 9.98. The molecule has 22 heavy (non-hydrogen) atoms. The molecule has 5 nitrogen and oxygen atoms in total. The molecule has 0 radical (unpaired) electrons. The van der Waals surface area contributed by atoms with Crippen LogP contribution < -0.4 is 0 Å². The molecule has 0 atom stereocenters. The normalized spacial score (nSPS) is 23.5. The Morgan fingerprint density at radius 2 is 1.32 bits per heavy atom. The highest BCUT2D eigenvalue weighted by molar-refractivity contribution is 5.68. The molecule has 0 aliphatic heterocycles. The van der Waals surface area contributed by atoms with Crippen molar-refractivity contribution in [3.8, 4) is 0 Å². The third-order valence-electron chi connectivity index (χ3n) is 4.69. The van der Waals surface area contributed by atoms with Gasteiger partial charge < -0.3 is 19.8 Å². The van der Waals surface area contributed by atoms with Gasteiger partial charge in [-0.1, -0.05) is 25.7 Å². The summed E-state index contributed by atoms with van der Waals surface area (Å²) in [7, 11) is 0. The van der Waals surface area contributed by atoms with Crippen LogP contribution in [0, 0.1) is 0 Å². The van der Waals surface area contributed by atoms with E-state index in [4.69, 9.17) is 4.74 Å². The summed E-state index contributed by atoms with van der Waals surface area (Å²) in [5.41, 5.74) is -2.23. The highest BCUT2D eigenvalue weighted by Crippen LogP contribution is 2.34. The molecule has 0 saturated heterocycles. The summed E-state index contributed by atoms with van der Waals surface area (Å²) in [4.78, 5) is 14.0. The molecular formula is C17H31NO4. The molecule has 2 fully saturated rings. The Bertz CT molecular complexity index is 366. The molecule has 0 aromatic rings. The van der Waals surface area contributed by atoms with E-state index in [1.54, 1.807) is 0 Å². The lowest BCUT2D eigenvalue weighted by Crippen LogP contribution is -2.51. The predicted molar refractivity (Wildman–Crippen MR) is 84.6 cm³/mol. The first-order valence-corrected chi connectivity index (χ1v) is 8.54. The first kappa shape index (κ1) is 17.5. The second-order valence-corrected chi connectivity index (χ2v) is 8.20. The average Bonchev–Trinajstić information content (AvgIpc) is 2.96. The Morgan fingerprint density at radius 1 is 0.955 bits per heavy atom. The van der Waals surface area contributed by atoms with E-state index in [-0.39, 0.29) is 13.1 Å². The van der Waals surface area contributed by atoms with Gasteiger partial charge in [-0.15, -0.1) is 0 Å². The summed E-state index contributed by atoms with van der Waals surface area (Å²) in [5, 5.41) is 21.3. The van der Waals surface area contributed by atoms with Gasteiger partial charge in [0.05, 0.1) is 24.3 Å². The van der Waals surface area contributed by atoms with E-state index in [9.17, 15) is 15.0 Å². The van der Waals surface area contributed by atoms with Crippen molar-refractivity contribution in [1.82, 2.24) is 4.90 Å². The topological polar surface area (TPSA) is 70.0 Å². The third-order valence-corrected chi connectivity index (χ3v) is 4.69. The van der Waals surface area contributed by atoms with Crippen LogP contribution in [0.1, 0.15) is 72.1 Å². The summed E-state index contributed by atoms with van der Waals surface area (Å²) < 4.78 is 5.48. The number of carbonyl (C=O) groups excluding carboxylic acids is 1. The van der Waals surface area contributed by atoms with Crippen LogP contribution in [-0.2, 0) is 4.74 Å². The molecule has 0 aromatic heterocycles. The second-order valence-electron chi connectivity index (χ2n) is 8.20.